The Hall–Kier alpha value is -4.24. The molecule has 0 aromatic heterocycles. The van der Waals surface area contributed by atoms with E-state index in [0.29, 0.717) is 28.4 Å². The molecule has 32 heavy (non-hydrogen) atoms. The van der Waals surface area contributed by atoms with Crippen molar-refractivity contribution < 1.29 is 65.3 Å². The molecule has 0 aliphatic carbocycles. The number of ether oxygens (including phenoxy) is 4. The first-order valence-electron chi connectivity index (χ1n) is 7.77. The summed E-state index contributed by atoms with van der Waals surface area (Å²) in [6, 6.07) is 0. The number of halogens is 4. The van der Waals surface area contributed by atoms with Gasteiger partial charge >= 0.3 is 24.4 Å². The summed E-state index contributed by atoms with van der Waals surface area (Å²) in [5.41, 5.74) is -4.29. The molecule has 0 atom stereocenters. The van der Waals surface area contributed by atoms with Gasteiger partial charge in [-0.25, -0.2) is 36.7 Å². The molecule has 12 nitrogen and oxygen atoms in total. The van der Waals surface area contributed by atoms with Crippen molar-refractivity contribution in [3.63, 3.8) is 0 Å². The van der Waals surface area contributed by atoms with E-state index in [1.807, 2.05) is 0 Å². The summed E-state index contributed by atoms with van der Waals surface area (Å²) in [6.07, 6.45) is -7.37. The minimum atomic E-state index is -2.57. The van der Waals surface area contributed by atoms with Crippen LogP contribution < -0.4 is 0 Å². The zero-order chi connectivity index (χ0) is 24.9. The number of hydrogen-bond donors (Lipinski definition) is 0. The summed E-state index contributed by atoms with van der Waals surface area (Å²) in [5.74, 6) is -14.8. The Labute approximate surface area is 175 Å². The summed E-state index contributed by atoms with van der Waals surface area (Å²) in [7, 11) is 2.59. The molecule has 0 saturated heterocycles. The zero-order valence-electron chi connectivity index (χ0n) is 16.5. The average molecular weight is 468 g/mol. The van der Waals surface area contributed by atoms with Crippen molar-refractivity contribution in [2.75, 3.05) is 28.4 Å². The fourth-order valence-electron chi connectivity index (χ4n) is 2.08. The van der Waals surface area contributed by atoms with Crippen LogP contribution in [0.2, 0.25) is 0 Å². The SMILES string of the molecule is COC(=O)N(C(=O)OC)C(=O)c1c(F)c(F)c(C(=O)N(C(=O)OC)C(=O)OC)c(F)c1F. The first kappa shape index (κ1) is 25.8. The highest BCUT2D eigenvalue weighted by molar-refractivity contribution is 6.15. The Bertz CT molecular complexity index is 873. The number of benzene rings is 1. The van der Waals surface area contributed by atoms with Crippen molar-refractivity contribution in [3.05, 3.63) is 34.4 Å². The molecule has 0 spiro atoms. The number of methoxy groups -OCH3 is 4. The van der Waals surface area contributed by atoms with Gasteiger partial charge in [0.25, 0.3) is 11.8 Å². The van der Waals surface area contributed by atoms with Crippen LogP contribution >= 0.6 is 0 Å². The van der Waals surface area contributed by atoms with E-state index in [4.69, 9.17) is 0 Å². The summed E-state index contributed by atoms with van der Waals surface area (Å²) < 4.78 is 74.2. The normalized spacial score (nSPS) is 10.0. The van der Waals surface area contributed by atoms with E-state index in [-0.39, 0.29) is 0 Å². The molecule has 0 unspecified atom stereocenters. The van der Waals surface area contributed by atoms with Gasteiger partial charge in [-0.2, -0.15) is 0 Å². The summed E-state index contributed by atoms with van der Waals surface area (Å²) in [6.45, 7) is 0. The molecule has 1 aromatic rings. The third-order valence-electron chi connectivity index (χ3n) is 3.53. The van der Waals surface area contributed by atoms with E-state index in [0.717, 1.165) is 0 Å². The second-order valence-electron chi connectivity index (χ2n) is 5.17. The number of carbonyl (C=O) groups is 6. The molecule has 174 valence electrons. The predicted octanol–water partition coefficient (Wildman–Crippen LogP) is 2.19. The van der Waals surface area contributed by atoms with Crippen LogP contribution in [0.15, 0.2) is 0 Å². The van der Waals surface area contributed by atoms with Crippen LogP contribution in [0, 0.1) is 23.3 Å². The maximum atomic E-state index is 14.5. The molecule has 0 N–H and O–H groups in total. The third kappa shape index (κ3) is 4.42. The van der Waals surface area contributed by atoms with Gasteiger partial charge in [0.2, 0.25) is 0 Å². The second kappa shape index (κ2) is 10.2. The van der Waals surface area contributed by atoms with E-state index < -0.39 is 80.4 Å². The Morgan fingerprint density at radius 3 is 0.844 bits per heavy atom. The molecule has 0 heterocycles. The Kier molecular flexibility index (Phi) is 8.21. The van der Waals surface area contributed by atoms with Gasteiger partial charge in [0, 0.05) is 0 Å². The van der Waals surface area contributed by atoms with Gasteiger partial charge in [0.1, 0.15) is 11.1 Å². The van der Waals surface area contributed by atoms with E-state index in [1.54, 1.807) is 0 Å². The minimum Gasteiger partial charge on any atom is -0.452 e. The molecule has 0 radical (unpaired) electrons. The van der Waals surface area contributed by atoms with Gasteiger partial charge in [-0.1, -0.05) is 0 Å². The van der Waals surface area contributed by atoms with Gasteiger partial charge in [-0.05, 0) is 0 Å². The van der Waals surface area contributed by atoms with Crippen molar-refractivity contribution in [1.29, 1.82) is 0 Å². The second-order valence-corrected chi connectivity index (χ2v) is 5.17. The maximum Gasteiger partial charge on any atom is 0.426 e. The molecule has 0 aliphatic heterocycles. The van der Waals surface area contributed by atoms with Crippen LogP contribution in [0.4, 0.5) is 36.7 Å². The number of rotatable bonds is 2. The first-order valence-corrected chi connectivity index (χ1v) is 7.77. The molecule has 0 aliphatic rings. The van der Waals surface area contributed by atoms with Crippen LogP contribution in [0.3, 0.4) is 0 Å². The lowest BCUT2D eigenvalue weighted by Gasteiger charge is -2.19. The van der Waals surface area contributed by atoms with Crippen LogP contribution in [0.25, 0.3) is 0 Å². The number of carbonyl (C=O) groups excluding carboxylic acids is 6. The lowest BCUT2D eigenvalue weighted by Crippen LogP contribution is -2.44. The van der Waals surface area contributed by atoms with Crippen LogP contribution in [0.1, 0.15) is 20.7 Å². The van der Waals surface area contributed by atoms with Crippen molar-refractivity contribution in [2.45, 2.75) is 0 Å². The maximum absolute atomic E-state index is 14.5. The van der Waals surface area contributed by atoms with Crippen LogP contribution in [0.5, 0.6) is 0 Å². The van der Waals surface area contributed by atoms with Crippen molar-refractivity contribution in [3.8, 4) is 0 Å². The van der Waals surface area contributed by atoms with E-state index >= 15 is 0 Å². The fraction of sp³-hybridized carbons (Fsp3) is 0.250. The molecular weight excluding hydrogens is 456 g/mol. The molecule has 16 heteroatoms. The molecule has 1 rings (SSSR count). The largest absolute Gasteiger partial charge is 0.452 e. The summed E-state index contributed by atoms with van der Waals surface area (Å²) in [4.78, 5) is 69.6. The zero-order valence-corrected chi connectivity index (χ0v) is 16.5. The molecule has 0 fully saturated rings. The number of amides is 6. The van der Waals surface area contributed by atoms with Crippen molar-refractivity contribution in [1.82, 2.24) is 9.80 Å². The molecule has 1 aromatic carbocycles. The quantitative estimate of drug-likeness (QED) is 0.360. The molecule has 0 saturated carbocycles. The average Bonchev–Trinajstić information content (AvgIpc) is 2.77. The smallest absolute Gasteiger partial charge is 0.426 e. The van der Waals surface area contributed by atoms with Crippen LogP contribution in [-0.2, 0) is 18.9 Å². The third-order valence-corrected chi connectivity index (χ3v) is 3.53. The fourth-order valence-corrected chi connectivity index (χ4v) is 2.08. The van der Waals surface area contributed by atoms with Gasteiger partial charge in [0.05, 0.1) is 28.4 Å². The van der Waals surface area contributed by atoms with Gasteiger partial charge in [-0.3, -0.25) is 9.59 Å². The summed E-state index contributed by atoms with van der Waals surface area (Å²) >= 11 is 0. The molecular formula is C16H12F4N2O10. The number of nitrogens with zero attached hydrogens (tertiary/aromatic N) is 2. The van der Waals surface area contributed by atoms with E-state index in [9.17, 15) is 46.3 Å². The lowest BCUT2D eigenvalue weighted by atomic mass is 10.1. The molecule has 6 amide bonds. The minimum absolute atomic E-state index is 0.642. The monoisotopic (exact) mass is 468 g/mol. The topological polar surface area (TPSA) is 146 Å². The van der Waals surface area contributed by atoms with E-state index in [1.165, 1.54) is 0 Å². The Morgan fingerprint density at radius 2 is 0.688 bits per heavy atom. The van der Waals surface area contributed by atoms with E-state index in [2.05, 4.69) is 18.9 Å². The van der Waals surface area contributed by atoms with Crippen LogP contribution in [-0.4, -0.2) is 74.4 Å². The molecule has 0 bridgehead atoms. The van der Waals surface area contributed by atoms with Gasteiger partial charge in [-0.15, -0.1) is 9.80 Å². The lowest BCUT2D eigenvalue weighted by molar-refractivity contribution is 0.0622. The number of hydrogen-bond acceptors (Lipinski definition) is 10. The highest BCUT2D eigenvalue weighted by atomic mass is 19.2. The number of imide groups is 6. The van der Waals surface area contributed by atoms with Gasteiger partial charge in [0.15, 0.2) is 23.3 Å². The summed E-state index contributed by atoms with van der Waals surface area (Å²) in [5, 5.41) is 0. The highest BCUT2D eigenvalue weighted by Crippen LogP contribution is 2.27. The standard InChI is InChI=1S/C16H12F4N2O10/c1-29-13(25)21(14(26)30-2)11(23)5-7(17)9(19)6(10(20)8(5)18)12(24)22(15(27)31-3)16(28)32-4/h1-4H3. The first-order chi connectivity index (χ1) is 14.9. The van der Waals surface area contributed by atoms with Crippen molar-refractivity contribution in [2.24, 2.45) is 0 Å². The predicted molar refractivity (Wildman–Crippen MR) is 88.2 cm³/mol. The van der Waals surface area contributed by atoms with Crippen molar-refractivity contribution >= 4 is 36.2 Å². The van der Waals surface area contributed by atoms with Gasteiger partial charge < -0.3 is 18.9 Å². The Balaban J connectivity index is 3.78. The Morgan fingerprint density at radius 1 is 0.500 bits per heavy atom. The highest BCUT2D eigenvalue weighted by Gasteiger charge is 2.42.